The minimum absolute atomic E-state index is 0.0273. The fourth-order valence-corrected chi connectivity index (χ4v) is 1.24. The average molecular weight is 196 g/mol. The van der Waals surface area contributed by atoms with Gasteiger partial charge in [-0.1, -0.05) is 19.9 Å². The molecule has 1 rings (SSSR count). The molecule has 0 radical (unpaired) electrons. The second kappa shape index (κ2) is 4.77. The standard InChI is InChI=1S/C9H12N2OS/c1-7(2)9(12)11-10-6-8-4-3-5-13-8/h3-7H,1-2H3,(H,11,12). The fourth-order valence-electron chi connectivity index (χ4n) is 0.653. The topological polar surface area (TPSA) is 41.5 Å². The largest absolute Gasteiger partial charge is 0.273 e. The van der Waals surface area contributed by atoms with Crippen molar-refractivity contribution in [3.05, 3.63) is 22.4 Å². The van der Waals surface area contributed by atoms with Crippen molar-refractivity contribution in [2.45, 2.75) is 13.8 Å². The summed E-state index contributed by atoms with van der Waals surface area (Å²) in [6.07, 6.45) is 1.64. The summed E-state index contributed by atoms with van der Waals surface area (Å²) in [5, 5.41) is 5.78. The summed E-state index contributed by atoms with van der Waals surface area (Å²) in [5.41, 5.74) is 2.46. The second-order valence-corrected chi connectivity index (χ2v) is 3.88. The molecule has 1 aromatic heterocycles. The van der Waals surface area contributed by atoms with Crippen LogP contribution in [0.3, 0.4) is 0 Å². The van der Waals surface area contributed by atoms with Crippen molar-refractivity contribution in [1.82, 2.24) is 5.43 Å². The maximum Gasteiger partial charge on any atom is 0.242 e. The summed E-state index contributed by atoms with van der Waals surface area (Å²) < 4.78 is 0. The minimum atomic E-state index is -0.0622. The third-order valence-electron chi connectivity index (χ3n) is 1.43. The smallest absolute Gasteiger partial charge is 0.242 e. The number of nitrogens with one attached hydrogen (secondary N) is 1. The van der Waals surface area contributed by atoms with Crippen molar-refractivity contribution in [2.24, 2.45) is 11.0 Å². The van der Waals surface area contributed by atoms with Crippen molar-refractivity contribution >= 4 is 23.5 Å². The van der Waals surface area contributed by atoms with Crippen LogP contribution in [0.15, 0.2) is 22.6 Å². The molecule has 0 aromatic carbocycles. The second-order valence-electron chi connectivity index (χ2n) is 2.90. The third kappa shape index (κ3) is 3.38. The first-order valence-electron chi connectivity index (χ1n) is 4.06. The number of hydrazone groups is 1. The molecule has 0 fully saturated rings. The zero-order valence-electron chi connectivity index (χ0n) is 7.65. The first kappa shape index (κ1) is 9.92. The first-order chi connectivity index (χ1) is 6.20. The monoisotopic (exact) mass is 196 g/mol. The maximum absolute atomic E-state index is 11.0. The van der Waals surface area contributed by atoms with Gasteiger partial charge in [0, 0.05) is 10.8 Å². The predicted octanol–water partition coefficient (Wildman–Crippen LogP) is 1.85. The van der Waals surface area contributed by atoms with Gasteiger partial charge in [0.2, 0.25) is 5.91 Å². The number of carbonyl (C=O) groups excluding carboxylic acids is 1. The molecule has 1 aromatic rings. The lowest BCUT2D eigenvalue weighted by molar-refractivity contribution is -0.123. The Bertz CT molecular complexity index is 291. The molecule has 13 heavy (non-hydrogen) atoms. The SMILES string of the molecule is CC(C)C(=O)NN=Cc1cccs1. The summed E-state index contributed by atoms with van der Waals surface area (Å²) >= 11 is 1.58. The summed E-state index contributed by atoms with van der Waals surface area (Å²) in [6.45, 7) is 3.66. The molecule has 0 saturated heterocycles. The van der Waals surface area contributed by atoms with Gasteiger partial charge in [0.05, 0.1) is 6.21 Å². The molecule has 0 aliphatic heterocycles. The van der Waals surface area contributed by atoms with Crippen molar-refractivity contribution in [2.75, 3.05) is 0 Å². The Balaban J connectivity index is 2.39. The van der Waals surface area contributed by atoms with Gasteiger partial charge < -0.3 is 0 Å². The van der Waals surface area contributed by atoms with E-state index in [1.807, 2.05) is 31.4 Å². The van der Waals surface area contributed by atoms with Crippen LogP contribution in [0.25, 0.3) is 0 Å². The van der Waals surface area contributed by atoms with Crippen LogP contribution < -0.4 is 5.43 Å². The van der Waals surface area contributed by atoms with Gasteiger partial charge >= 0.3 is 0 Å². The van der Waals surface area contributed by atoms with Crippen LogP contribution in [0.2, 0.25) is 0 Å². The Morgan fingerprint density at radius 1 is 1.69 bits per heavy atom. The van der Waals surface area contributed by atoms with E-state index >= 15 is 0 Å². The molecule has 0 atom stereocenters. The van der Waals surface area contributed by atoms with Gasteiger partial charge in [-0.05, 0) is 11.4 Å². The van der Waals surface area contributed by atoms with E-state index in [1.54, 1.807) is 17.6 Å². The van der Waals surface area contributed by atoms with Gasteiger partial charge in [-0.15, -0.1) is 11.3 Å². The molecular weight excluding hydrogens is 184 g/mol. The highest BCUT2D eigenvalue weighted by Crippen LogP contribution is 2.04. The number of nitrogens with zero attached hydrogens (tertiary/aromatic N) is 1. The number of hydrogen-bond donors (Lipinski definition) is 1. The lowest BCUT2D eigenvalue weighted by Crippen LogP contribution is -2.22. The van der Waals surface area contributed by atoms with Crippen molar-refractivity contribution in [3.63, 3.8) is 0 Å². The average Bonchev–Trinajstić information content (AvgIpc) is 2.56. The molecule has 0 unspecified atom stereocenters. The first-order valence-corrected chi connectivity index (χ1v) is 4.94. The summed E-state index contributed by atoms with van der Waals surface area (Å²) in [6, 6.07) is 3.88. The van der Waals surface area contributed by atoms with E-state index in [2.05, 4.69) is 10.5 Å². The van der Waals surface area contributed by atoms with Crippen LogP contribution in [0.4, 0.5) is 0 Å². The van der Waals surface area contributed by atoms with E-state index in [0.29, 0.717) is 0 Å². The molecule has 3 nitrogen and oxygen atoms in total. The Labute approximate surface area is 81.5 Å². The summed E-state index contributed by atoms with van der Waals surface area (Å²) in [4.78, 5) is 12.1. The van der Waals surface area contributed by atoms with Crippen LogP contribution in [0.5, 0.6) is 0 Å². The molecule has 70 valence electrons. The van der Waals surface area contributed by atoms with E-state index in [0.717, 1.165) is 4.88 Å². The molecule has 4 heteroatoms. The number of amides is 1. The van der Waals surface area contributed by atoms with E-state index in [1.165, 1.54) is 0 Å². The number of carbonyl (C=O) groups is 1. The van der Waals surface area contributed by atoms with Crippen LogP contribution in [0, 0.1) is 5.92 Å². The number of thiophene rings is 1. The predicted molar refractivity (Wildman–Crippen MR) is 54.9 cm³/mol. The quantitative estimate of drug-likeness (QED) is 0.582. The van der Waals surface area contributed by atoms with Crippen LogP contribution >= 0.6 is 11.3 Å². The molecule has 1 heterocycles. The van der Waals surface area contributed by atoms with Crippen molar-refractivity contribution in [1.29, 1.82) is 0 Å². The minimum Gasteiger partial charge on any atom is -0.273 e. The molecule has 0 aliphatic carbocycles. The summed E-state index contributed by atoms with van der Waals surface area (Å²) in [7, 11) is 0. The molecule has 0 spiro atoms. The number of rotatable bonds is 3. The van der Waals surface area contributed by atoms with Crippen LogP contribution in [-0.4, -0.2) is 12.1 Å². The molecule has 1 N–H and O–H groups in total. The zero-order valence-corrected chi connectivity index (χ0v) is 8.47. The van der Waals surface area contributed by atoms with Crippen LogP contribution in [-0.2, 0) is 4.79 Å². The van der Waals surface area contributed by atoms with Gasteiger partial charge in [0.15, 0.2) is 0 Å². The Morgan fingerprint density at radius 3 is 3.00 bits per heavy atom. The van der Waals surface area contributed by atoms with E-state index < -0.39 is 0 Å². The normalized spacial score (nSPS) is 11.0. The van der Waals surface area contributed by atoms with E-state index in [-0.39, 0.29) is 11.8 Å². The molecule has 1 amide bonds. The Morgan fingerprint density at radius 2 is 2.46 bits per heavy atom. The Hall–Kier alpha value is -1.16. The third-order valence-corrected chi connectivity index (χ3v) is 2.24. The fraction of sp³-hybridized carbons (Fsp3) is 0.333. The number of hydrogen-bond acceptors (Lipinski definition) is 3. The molecule has 0 aliphatic rings. The van der Waals surface area contributed by atoms with Gasteiger partial charge in [0.1, 0.15) is 0 Å². The zero-order chi connectivity index (χ0) is 9.68. The molecular formula is C9H12N2OS. The Kier molecular flexibility index (Phi) is 3.64. The summed E-state index contributed by atoms with van der Waals surface area (Å²) in [5.74, 6) is -0.0895. The highest BCUT2D eigenvalue weighted by atomic mass is 32.1. The highest BCUT2D eigenvalue weighted by Gasteiger charge is 2.03. The van der Waals surface area contributed by atoms with Crippen molar-refractivity contribution < 1.29 is 4.79 Å². The van der Waals surface area contributed by atoms with Crippen LogP contribution in [0.1, 0.15) is 18.7 Å². The lowest BCUT2D eigenvalue weighted by Gasteiger charge is -2.00. The highest BCUT2D eigenvalue weighted by molar-refractivity contribution is 7.11. The van der Waals surface area contributed by atoms with Gasteiger partial charge in [0.25, 0.3) is 0 Å². The maximum atomic E-state index is 11.0. The van der Waals surface area contributed by atoms with Gasteiger partial charge in [-0.2, -0.15) is 5.10 Å². The van der Waals surface area contributed by atoms with Gasteiger partial charge in [-0.3, -0.25) is 4.79 Å². The lowest BCUT2D eigenvalue weighted by atomic mass is 10.2. The van der Waals surface area contributed by atoms with Gasteiger partial charge in [-0.25, -0.2) is 5.43 Å². The van der Waals surface area contributed by atoms with E-state index in [9.17, 15) is 4.79 Å². The van der Waals surface area contributed by atoms with E-state index in [4.69, 9.17) is 0 Å². The molecule has 0 bridgehead atoms. The molecule has 0 saturated carbocycles. The van der Waals surface area contributed by atoms with Crippen molar-refractivity contribution in [3.8, 4) is 0 Å².